The number of allylic oxidation sites excluding steroid dienone is 4. The molecule has 0 fully saturated rings. The number of hydrogen-bond donors (Lipinski definition) is 2. The molecule has 0 aromatic rings. The molecule has 6 nitrogen and oxygen atoms in total. The fourth-order valence-electron chi connectivity index (χ4n) is 3.58. The number of unbranched alkanes of at least 4 members (excludes halogenated alkanes) is 6. The van der Waals surface area contributed by atoms with Crippen LogP contribution in [0.15, 0.2) is 28.8 Å². The first-order chi connectivity index (χ1) is 13.7. The second-order valence-corrected chi connectivity index (χ2v) is 7.61. The summed E-state index contributed by atoms with van der Waals surface area (Å²) >= 11 is 0. The Morgan fingerprint density at radius 1 is 1.07 bits per heavy atom. The van der Waals surface area contributed by atoms with Crippen LogP contribution in [0.2, 0.25) is 0 Å². The summed E-state index contributed by atoms with van der Waals surface area (Å²) in [4.78, 5) is 12.3. The fraction of sp³-hybridized carbons (Fsp3) is 0.818. The van der Waals surface area contributed by atoms with Gasteiger partial charge in [-0.25, -0.2) is 0 Å². The maximum Gasteiger partial charge on any atom is 0.0961 e. The molecule has 6 heteroatoms. The quantitative estimate of drug-likeness (QED) is 0.269. The van der Waals surface area contributed by atoms with E-state index in [1.807, 2.05) is 6.08 Å². The highest BCUT2D eigenvalue weighted by Crippen LogP contribution is 2.25. The van der Waals surface area contributed by atoms with E-state index in [2.05, 4.69) is 17.0 Å². The first-order valence-electron chi connectivity index (χ1n) is 11.1. The van der Waals surface area contributed by atoms with Crippen LogP contribution in [0.25, 0.3) is 0 Å². The van der Waals surface area contributed by atoms with E-state index < -0.39 is 0 Å². The van der Waals surface area contributed by atoms with Crippen LogP contribution in [0, 0.1) is 10.8 Å². The molecule has 1 aliphatic rings. The van der Waals surface area contributed by atoms with Gasteiger partial charge in [0.25, 0.3) is 0 Å². The summed E-state index contributed by atoms with van der Waals surface area (Å²) in [5.74, 6) is 1.76. The second-order valence-electron chi connectivity index (χ2n) is 7.61. The zero-order chi connectivity index (χ0) is 20.5. The molecule has 0 bridgehead atoms. The minimum Gasteiger partial charge on any atom is -0.512 e. The maximum absolute atomic E-state index is 10.2. The van der Waals surface area contributed by atoms with Crippen LogP contribution in [0.5, 0.6) is 0 Å². The van der Waals surface area contributed by atoms with Gasteiger partial charge in [0.2, 0.25) is 0 Å². The third-order valence-corrected chi connectivity index (χ3v) is 5.42. The molecule has 1 aliphatic carbocycles. The van der Waals surface area contributed by atoms with E-state index in [9.17, 15) is 10.0 Å². The molecule has 0 spiro atoms. The molecule has 1 unspecified atom stereocenters. The van der Waals surface area contributed by atoms with Crippen LogP contribution < -0.4 is 0 Å². The largest absolute Gasteiger partial charge is 0.512 e. The first kappa shape index (κ1) is 24.6. The predicted octanol–water partition coefficient (Wildman–Crippen LogP) is 4.94. The van der Waals surface area contributed by atoms with Crippen LogP contribution in [-0.2, 0) is 4.74 Å². The van der Waals surface area contributed by atoms with Crippen LogP contribution in [0.1, 0.15) is 71.1 Å². The lowest BCUT2D eigenvalue weighted by Crippen LogP contribution is -2.30. The molecule has 0 radical (unpaired) electrons. The van der Waals surface area contributed by atoms with Crippen molar-refractivity contribution in [1.82, 2.24) is 4.90 Å². The second kappa shape index (κ2) is 16.5. The summed E-state index contributed by atoms with van der Waals surface area (Å²) in [6.07, 6.45) is 14.8. The Morgan fingerprint density at radius 2 is 1.79 bits per heavy atom. The molecular weight excluding hydrogens is 356 g/mol. The van der Waals surface area contributed by atoms with E-state index >= 15 is 0 Å². The van der Waals surface area contributed by atoms with E-state index in [4.69, 9.17) is 9.84 Å². The molecule has 1 rings (SSSR count). The Hall–Kier alpha value is -1.40. The van der Waals surface area contributed by atoms with E-state index in [0.29, 0.717) is 25.4 Å². The van der Waals surface area contributed by atoms with Gasteiger partial charge in [0.05, 0.1) is 31.3 Å². The van der Waals surface area contributed by atoms with Gasteiger partial charge in [0.15, 0.2) is 0 Å². The lowest BCUT2D eigenvalue weighted by molar-refractivity contribution is 0.190. The number of rotatable bonds is 17. The first-order valence-corrected chi connectivity index (χ1v) is 11.1. The Labute approximate surface area is 170 Å². The van der Waals surface area contributed by atoms with E-state index in [-0.39, 0.29) is 12.5 Å². The average molecular weight is 397 g/mol. The van der Waals surface area contributed by atoms with E-state index in [0.717, 1.165) is 51.0 Å². The number of ether oxygens (including phenoxy) is 1. The van der Waals surface area contributed by atoms with Crippen LogP contribution in [0.3, 0.4) is 0 Å². The minimum atomic E-state index is 0.133. The van der Waals surface area contributed by atoms with Gasteiger partial charge in [0, 0.05) is 25.4 Å². The zero-order valence-corrected chi connectivity index (χ0v) is 17.7. The summed E-state index contributed by atoms with van der Waals surface area (Å²) in [5, 5.41) is 21.9. The van der Waals surface area contributed by atoms with Gasteiger partial charge < -0.3 is 14.9 Å². The Balaban J connectivity index is 1.97. The van der Waals surface area contributed by atoms with E-state index in [1.54, 1.807) is 6.08 Å². The molecule has 28 heavy (non-hydrogen) atoms. The lowest BCUT2D eigenvalue weighted by atomic mass is 9.99. The predicted molar refractivity (Wildman–Crippen MR) is 114 cm³/mol. The highest BCUT2D eigenvalue weighted by molar-refractivity contribution is 5.15. The molecule has 0 aromatic carbocycles. The lowest BCUT2D eigenvalue weighted by Gasteiger charge is -2.19. The van der Waals surface area contributed by atoms with Crippen molar-refractivity contribution < 1.29 is 14.9 Å². The Kier molecular flexibility index (Phi) is 14.6. The molecule has 0 heterocycles. The highest BCUT2D eigenvalue weighted by Gasteiger charge is 2.15. The summed E-state index contributed by atoms with van der Waals surface area (Å²) in [5.41, 5.74) is 0. The molecule has 0 aliphatic heterocycles. The summed E-state index contributed by atoms with van der Waals surface area (Å²) in [6.45, 7) is 5.51. The maximum atomic E-state index is 10.2. The Bertz CT molecular complexity index is 465. The van der Waals surface area contributed by atoms with Crippen LogP contribution in [-0.4, -0.2) is 54.5 Å². The van der Waals surface area contributed by atoms with Crippen molar-refractivity contribution in [3.05, 3.63) is 28.6 Å². The minimum absolute atomic E-state index is 0.133. The normalized spacial score (nSPS) is 17.2. The van der Waals surface area contributed by atoms with Gasteiger partial charge in [-0.15, -0.1) is 0 Å². The molecule has 0 amide bonds. The van der Waals surface area contributed by atoms with Gasteiger partial charge in [0.1, 0.15) is 0 Å². The average Bonchev–Trinajstić information content (AvgIpc) is 2.88. The van der Waals surface area contributed by atoms with E-state index in [1.165, 1.54) is 32.1 Å². The van der Waals surface area contributed by atoms with Crippen molar-refractivity contribution in [2.45, 2.75) is 71.1 Å². The molecule has 0 saturated heterocycles. The summed E-state index contributed by atoms with van der Waals surface area (Å²) in [7, 11) is 0. The number of hydrogen-bond acceptors (Lipinski definition) is 6. The number of nitrogens with zero attached hydrogens (tertiary/aromatic N) is 2. The van der Waals surface area contributed by atoms with Crippen molar-refractivity contribution in [3.63, 3.8) is 0 Å². The van der Waals surface area contributed by atoms with Crippen molar-refractivity contribution in [2.75, 3.05) is 39.4 Å². The van der Waals surface area contributed by atoms with Crippen LogP contribution in [0.4, 0.5) is 0 Å². The van der Waals surface area contributed by atoms with Gasteiger partial charge >= 0.3 is 0 Å². The van der Waals surface area contributed by atoms with Crippen molar-refractivity contribution in [3.8, 4) is 0 Å². The van der Waals surface area contributed by atoms with Gasteiger partial charge in [-0.05, 0) is 44.4 Å². The molecule has 162 valence electrons. The van der Waals surface area contributed by atoms with Crippen molar-refractivity contribution in [2.24, 2.45) is 11.1 Å². The standard InChI is InChI=1S/C22H40N2O4/c1-2-20-10-11-21(12-13-22(20)26)28-19-9-7-5-3-4-6-8-15-24(17-18-25)16-14-23-27/h12-13,20,25-26H,2-11,14-19H2,1H3. The van der Waals surface area contributed by atoms with Crippen LogP contribution >= 0.6 is 0 Å². The number of aliphatic hydroxyl groups is 2. The molecular formula is C22H40N2O4. The molecule has 1 atom stereocenters. The van der Waals surface area contributed by atoms with Gasteiger partial charge in [-0.1, -0.05) is 44.2 Å². The highest BCUT2D eigenvalue weighted by atomic mass is 16.5. The monoisotopic (exact) mass is 396 g/mol. The fourth-order valence-corrected chi connectivity index (χ4v) is 3.58. The Morgan fingerprint density at radius 3 is 2.46 bits per heavy atom. The molecule has 0 saturated carbocycles. The zero-order valence-electron chi connectivity index (χ0n) is 17.7. The molecule has 0 aromatic heterocycles. The molecule has 2 N–H and O–H groups in total. The number of aliphatic hydroxyl groups excluding tert-OH is 2. The van der Waals surface area contributed by atoms with Gasteiger partial charge in [-0.2, -0.15) is 4.91 Å². The third kappa shape index (κ3) is 11.4. The smallest absolute Gasteiger partial charge is 0.0961 e. The number of nitroso groups, excluding NO2 is 1. The van der Waals surface area contributed by atoms with Crippen molar-refractivity contribution in [1.29, 1.82) is 0 Å². The summed E-state index contributed by atoms with van der Waals surface area (Å²) in [6, 6.07) is 0. The van der Waals surface area contributed by atoms with Crippen molar-refractivity contribution >= 4 is 0 Å². The SMILES string of the molecule is CCC1CCC(OCCCCCCCCCN(CCO)CCN=O)=CC=C1O. The third-order valence-electron chi connectivity index (χ3n) is 5.42. The van der Waals surface area contributed by atoms with Gasteiger partial charge in [-0.3, -0.25) is 4.90 Å². The summed E-state index contributed by atoms with van der Waals surface area (Å²) < 4.78 is 5.88. The topological polar surface area (TPSA) is 82.4 Å².